The second kappa shape index (κ2) is 4.97. The summed E-state index contributed by atoms with van der Waals surface area (Å²) in [6.07, 6.45) is 0. The van der Waals surface area contributed by atoms with Gasteiger partial charge in [-0.25, -0.2) is 4.39 Å². The minimum atomic E-state index is -0.413. The zero-order valence-corrected chi connectivity index (χ0v) is 12.3. The maximum atomic E-state index is 13.9. The molecule has 4 heteroatoms. The van der Waals surface area contributed by atoms with Crippen LogP contribution in [0.3, 0.4) is 0 Å². The summed E-state index contributed by atoms with van der Waals surface area (Å²) in [6.45, 7) is 8.35. The molecule has 0 unspecified atom stereocenters. The molecule has 0 aliphatic heterocycles. The molecule has 1 heterocycles. The fourth-order valence-corrected chi connectivity index (χ4v) is 2.09. The number of rotatable bonds is 2. The molecule has 0 N–H and O–H groups in total. The van der Waals surface area contributed by atoms with Crippen LogP contribution < -0.4 is 4.74 Å². The van der Waals surface area contributed by atoms with Crippen molar-refractivity contribution in [1.82, 2.24) is 4.98 Å². The topological polar surface area (TPSA) is 22.1 Å². The number of hydrogen-bond donors (Lipinski definition) is 0. The third-order valence-electron chi connectivity index (χ3n) is 2.88. The second-order valence-corrected chi connectivity index (χ2v) is 5.88. The Bertz CT molecular complexity index is 620. The SMILES string of the molecule is CCOc1cc2c(Cl)cc(C(C)(C)C)nc2cc1F. The second-order valence-electron chi connectivity index (χ2n) is 5.47. The van der Waals surface area contributed by atoms with E-state index in [4.69, 9.17) is 16.3 Å². The molecule has 1 aromatic heterocycles. The first-order chi connectivity index (χ1) is 8.82. The number of aromatic nitrogens is 1. The summed E-state index contributed by atoms with van der Waals surface area (Å²) in [5.41, 5.74) is 1.26. The van der Waals surface area contributed by atoms with Crippen molar-refractivity contribution in [2.45, 2.75) is 33.1 Å². The Labute approximate surface area is 117 Å². The highest BCUT2D eigenvalue weighted by Crippen LogP contribution is 2.32. The van der Waals surface area contributed by atoms with Crippen LogP contribution in [-0.2, 0) is 5.41 Å². The summed E-state index contributed by atoms with van der Waals surface area (Å²) in [6, 6.07) is 4.81. The maximum Gasteiger partial charge on any atom is 0.167 e. The van der Waals surface area contributed by atoms with Crippen LogP contribution in [0.2, 0.25) is 5.02 Å². The van der Waals surface area contributed by atoms with Gasteiger partial charge >= 0.3 is 0 Å². The molecular formula is C15H17ClFNO. The lowest BCUT2D eigenvalue weighted by atomic mass is 9.91. The van der Waals surface area contributed by atoms with Gasteiger partial charge in [0, 0.05) is 22.6 Å². The molecule has 102 valence electrons. The monoisotopic (exact) mass is 281 g/mol. The van der Waals surface area contributed by atoms with E-state index in [0.717, 1.165) is 5.69 Å². The van der Waals surface area contributed by atoms with Crippen molar-refractivity contribution in [3.8, 4) is 5.75 Å². The van der Waals surface area contributed by atoms with Crippen LogP contribution in [0.4, 0.5) is 4.39 Å². The molecule has 0 fully saturated rings. The third-order valence-corrected chi connectivity index (χ3v) is 3.19. The van der Waals surface area contributed by atoms with Crippen molar-refractivity contribution in [3.63, 3.8) is 0 Å². The zero-order chi connectivity index (χ0) is 14.2. The standard InChI is InChI=1S/C15H17ClFNO/c1-5-19-13-6-9-10(16)7-14(15(2,3)4)18-12(9)8-11(13)17/h6-8H,5H2,1-4H3. The zero-order valence-electron chi connectivity index (χ0n) is 11.6. The Hall–Kier alpha value is -1.35. The lowest BCUT2D eigenvalue weighted by Crippen LogP contribution is -2.13. The van der Waals surface area contributed by atoms with E-state index < -0.39 is 5.82 Å². The first kappa shape index (κ1) is 14.1. The molecule has 0 saturated carbocycles. The summed E-state index contributed by atoms with van der Waals surface area (Å²) in [5.74, 6) is -0.203. The molecule has 0 saturated heterocycles. The first-order valence-electron chi connectivity index (χ1n) is 6.26. The summed E-state index contributed by atoms with van der Waals surface area (Å²) in [5, 5.41) is 1.27. The average Bonchev–Trinajstić information content (AvgIpc) is 2.29. The molecule has 2 nitrogen and oxygen atoms in total. The largest absolute Gasteiger partial charge is 0.491 e. The van der Waals surface area contributed by atoms with E-state index in [0.29, 0.717) is 22.5 Å². The highest BCUT2D eigenvalue weighted by molar-refractivity contribution is 6.35. The van der Waals surface area contributed by atoms with Crippen LogP contribution in [-0.4, -0.2) is 11.6 Å². The molecular weight excluding hydrogens is 265 g/mol. The summed E-state index contributed by atoms with van der Waals surface area (Å²) in [7, 11) is 0. The average molecular weight is 282 g/mol. The molecule has 0 atom stereocenters. The Morgan fingerprint density at radius 1 is 1.26 bits per heavy atom. The van der Waals surface area contributed by atoms with Gasteiger partial charge in [-0.3, -0.25) is 4.98 Å². The fraction of sp³-hybridized carbons (Fsp3) is 0.400. The number of hydrogen-bond acceptors (Lipinski definition) is 2. The Morgan fingerprint density at radius 3 is 2.53 bits per heavy atom. The molecule has 0 bridgehead atoms. The Kier molecular flexibility index (Phi) is 3.68. The number of ether oxygens (including phenoxy) is 1. The minimum absolute atomic E-state index is 0.132. The van der Waals surface area contributed by atoms with Gasteiger partial charge in [-0.1, -0.05) is 32.4 Å². The molecule has 19 heavy (non-hydrogen) atoms. The van der Waals surface area contributed by atoms with Crippen molar-refractivity contribution in [2.75, 3.05) is 6.61 Å². The van der Waals surface area contributed by atoms with Gasteiger partial charge in [-0.15, -0.1) is 0 Å². The predicted octanol–water partition coefficient (Wildman–Crippen LogP) is 4.72. The van der Waals surface area contributed by atoms with E-state index in [-0.39, 0.29) is 11.2 Å². The van der Waals surface area contributed by atoms with Gasteiger partial charge < -0.3 is 4.74 Å². The number of halogens is 2. The van der Waals surface area contributed by atoms with Crippen molar-refractivity contribution in [2.24, 2.45) is 0 Å². The molecule has 0 aliphatic carbocycles. The van der Waals surface area contributed by atoms with Crippen molar-refractivity contribution < 1.29 is 9.13 Å². The van der Waals surface area contributed by atoms with Gasteiger partial charge in [0.2, 0.25) is 0 Å². The quantitative estimate of drug-likeness (QED) is 0.794. The van der Waals surface area contributed by atoms with Crippen molar-refractivity contribution in [3.05, 3.63) is 34.7 Å². The Balaban J connectivity index is 2.67. The van der Waals surface area contributed by atoms with Crippen molar-refractivity contribution >= 4 is 22.5 Å². The van der Waals surface area contributed by atoms with E-state index in [1.807, 2.05) is 33.8 Å². The maximum absolute atomic E-state index is 13.9. The van der Waals surface area contributed by atoms with Gasteiger partial charge in [0.1, 0.15) is 0 Å². The number of nitrogens with zero attached hydrogens (tertiary/aromatic N) is 1. The summed E-state index contributed by atoms with van der Waals surface area (Å²) >= 11 is 6.27. The third kappa shape index (κ3) is 2.81. The van der Waals surface area contributed by atoms with E-state index in [1.54, 1.807) is 6.07 Å². The lowest BCUT2D eigenvalue weighted by molar-refractivity contribution is 0.322. The van der Waals surface area contributed by atoms with Crippen LogP contribution >= 0.6 is 11.6 Å². The number of pyridine rings is 1. The van der Waals surface area contributed by atoms with E-state index >= 15 is 0 Å². The predicted molar refractivity (Wildman–Crippen MR) is 76.6 cm³/mol. The van der Waals surface area contributed by atoms with Crippen LogP contribution in [0.15, 0.2) is 18.2 Å². The summed E-state index contributed by atoms with van der Waals surface area (Å²) < 4.78 is 19.1. The van der Waals surface area contributed by atoms with Crippen LogP contribution in [0.25, 0.3) is 10.9 Å². The first-order valence-corrected chi connectivity index (χ1v) is 6.64. The van der Waals surface area contributed by atoms with Crippen molar-refractivity contribution in [1.29, 1.82) is 0 Å². The molecule has 0 aliphatic rings. The number of fused-ring (bicyclic) bond motifs is 1. The smallest absolute Gasteiger partial charge is 0.167 e. The van der Waals surface area contributed by atoms with Gasteiger partial charge in [0.25, 0.3) is 0 Å². The van der Waals surface area contributed by atoms with Gasteiger partial charge in [0.15, 0.2) is 11.6 Å². The van der Waals surface area contributed by atoms with Gasteiger partial charge in [0.05, 0.1) is 17.1 Å². The molecule has 2 aromatic rings. The van der Waals surface area contributed by atoms with E-state index in [9.17, 15) is 4.39 Å². The van der Waals surface area contributed by atoms with E-state index in [1.165, 1.54) is 6.07 Å². The van der Waals surface area contributed by atoms with Crippen LogP contribution in [0, 0.1) is 5.82 Å². The van der Waals surface area contributed by atoms with Crippen LogP contribution in [0.5, 0.6) is 5.75 Å². The molecule has 1 aromatic carbocycles. The van der Waals surface area contributed by atoms with Gasteiger partial charge in [-0.2, -0.15) is 0 Å². The lowest BCUT2D eigenvalue weighted by Gasteiger charge is -2.19. The normalized spacial score (nSPS) is 11.9. The minimum Gasteiger partial charge on any atom is -0.491 e. The summed E-state index contributed by atoms with van der Waals surface area (Å²) in [4.78, 5) is 4.49. The fourth-order valence-electron chi connectivity index (χ4n) is 1.84. The van der Waals surface area contributed by atoms with Crippen LogP contribution in [0.1, 0.15) is 33.4 Å². The number of benzene rings is 1. The van der Waals surface area contributed by atoms with Gasteiger partial charge in [-0.05, 0) is 19.1 Å². The van der Waals surface area contributed by atoms with E-state index in [2.05, 4.69) is 4.98 Å². The Morgan fingerprint density at radius 2 is 1.95 bits per heavy atom. The molecule has 0 spiro atoms. The molecule has 2 rings (SSSR count). The molecule has 0 radical (unpaired) electrons. The molecule has 0 amide bonds. The highest BCUT2D eigenvalue weighted by Gasteiger charge is 2.18. The highest BCUT2D eigenvalue weighted by atomic mass is 35.5.